The van der Waals surface area contributed by atoms with E-state index in [0.29, 0.717) is 0 Å². The number of para-hydroxylation sites is 1. The molecule has 4 nitrogen and oxygen atoms in total. The molecule has 122 valence electrons. The molecule has 0 radical (unpaired) electrons. The molecule has 0 saturated carbocycles. The fourth-order valence-electron chi connectivity index (χ4n) is 2.27. The number of phosphoric ester groups is 1. The molecule has 3 rings (SSSR count). The van der Waals surface area contributed by atoms with E-state index in [-0.39, 0.29) is 11.5 Å². The van der Waals surface area contributed by atoms with Crippen LogP contribution < -0.4 is 9.05 Å². The van der Waals surface area contributed by atoms with Crippen molar-refractivity contribution in [3.63, 3.8) is 0 Å². The van der Waals surface area contributed by atoms with Crippen LogP contribution in [-0.2, 0) is 11.0 Å². The maximum absolute atomic E-state index is 12.0. The zero-order valence-corrected chi connectivity index (χ0v) is 13.8. The average molecular weight is 340 g/mol. The molecular weight excluding hydrogens is 323 g/mol. The van der Waals surface area contributed by atoms with Crippen molar-refractivity contribution in [3.05, 3.63) is 96.1 Å². The van der Waals surface area contributed by atoms with Gasteiger partial charge in [0.1, 0.15) is 11.5 Å². The smallest absolute Gasteiger partial charge is 0.395 e. The number of hydrogen-bond donors (Lipinski definition) is 1. The van der Waals surface area contributed by atoms with Gasteiger partial charge < -0.3 is 9.05 Å². The average Bonchev–Trinajstić information content (AvgIpc) is 2.58. The van der Waals surface area contributed by atoms with E-state index in [9.17, 15) is 9.46 Å². The van der Waals surface area contributed by atoms with Crippen molar-refractivity contribution >= 4 is 7.82 Å². The molecule has 0 amide bonds. The van der Waals surface area contributed by atoms with Crippen LogP contribution in [0.15, 0.2) is 84.9 Å². The van der Waals surface area contributed by atoms with Crippen molar-refractivity contribution in [2.75, 3.05) is 0 Å². The molecule has 0 bridgehead atoms. The number of phosphoric acid groups is 1. The highest BCUT2D eigenvalue weighted by Gasteiger charge is 2.24. The molecule has 0 saturated heterocycles. The second-order valence-electron chi connectivity index (χ2n) is 5.27. The van der Waals surface area contributed by atoms with Gasteiger partial charge in [0.2, 0.25) is 0 Å². The fourth-order valence-corrected chi connectivity index (χ4v) is 3.08. The van der Waals surface area contributed by atoms with E-state index in [1.807, 2.05) is 30.3 Å². The number of rotatable bonds is 6. The van der Waals surface area contributed by atoms with Crippen LogP contribution in [0.3, 0.4) is 0 Å². The maximum Gasteiger partial charge on any atom is 0.584 e. The first-order valence-corrected chi connectivity index (χ1v) is 9.00. The first kappa shape index (κ1) is 16.3. The molecule has 0 aliphatic heterocycles. The Balaban J connectivity index is 1.64. The van der Waals surface area contributed by atoms with Gasteiger partial charge in [0, 0.05) is 0 Å². The van der Waals surface area contributed by atoms with Gasteiger partial charge in [0.05, 0.1) is 0 Å². The van der Waals surface area contributed by atoms with Crippen molar-refractivity contribution in [1.82, 2.24) is 0 Å². The standard InChI is InChI=1S/C19H17O4P/c20-24(21,22-18-9-5-2-6-10-18)23-19-13-11-17(12-14-19)15-16-7-3-1-4-8-16/h1-14H,15H2,(H,20,21). The largest absolute Gasteiger partial charge is 0.584 e. The third-order valence-electron chi connectivity index (χ3n) is 3.36. The summed E-state index contributed by atoms with van der Waals surface area (Å²) in [5.74, 6) is 0.567. The van der Waals surface area contributed by atoms with Gasteiger partial charge in [-0.1, -0.05) is 60.7 Å². The third-order valence-corrected chi connectivity index (χ3v) is 4.24. The first-order chi connectivity index (χ1) is 11.6. The maximum atomic E-state index is 12.0. The summed E-state index contributed by atoms with van der Waals surface area (Å²) in [6.45, 7) is 0. The highest BCUT2D eigenvalue weighted by molar-refractivity contribution is 7.48. The minimum Gasteiger partial charge on any atom is -0.395 e. The molecule has 0 fully saturated rings. The molecule has 1 unspecified atom stereocenters. The Bertz CT molecular complexity index is 817. The van der Waals surface area contributed by atoms with E-state index in [1.54, 1.807) is 42.5 Å². The van der Waals surface area contributed by atoms with Crippen LogP contribution in [0.2, 0.25) is 0 Å². The second-order valence-corrected chi connectivity index (χ2v) is 6.57. The van der Waals surface area contributed by atoms with Crippen molar-refractivity contribution < 1.29 is 18.5 Å². The lowest BCUT2D eigenvalue weighted by Gasteiger charge is -2.14. The van der Waals surface area contributed by atoms with Crippen LogP contribution in [0, 0.1) is 0 Å². The van der Waals surface area contributed by atoms with Crippen LogP contribution in [0.5, 0.6) is 11.5 Å². The van der Waals surface area contributed by atoms with E-state index >= 15 is 0 Å². The van der Waals surface area contributed by atoms with Gasteiger partial charge >= 0.3 is 7.82 Å². The molecule has 5 heteroatoms. The highest BCUT2D eigenvalue weighted by Crippen LogP contribution is 2.44. The molecule has 1 atom stereocenters. The van der Waals surface area contributed by atoms with Crippen LogP contribution in [0.4, 0.5) is 0 Å². The van der Waals surface area contributed by atoms with Crippen LogP contribution in [-0.4, -0.2) is 4.89 Å². The Morgan fingerprint density at radius 1 is 0.667 bits per heavy atom. The molecular formula is C19H17O4P. The Morgan fingerprint density at radius 2 is 1.12 bits per heavy atom. The summed E-state index contributed by atoms with van der Waals surface area (Å²) >= 11 is 0. The van der Waals surface area contributed by atoms with Crippen LogP contribution >= 0.6 is 7.82 Å². The highest BCUT2D eigenvalue weighted by atomic mass is 31.2. The van der Waals surface area contributed by atoms with E-state index in [0.717, 1.165) is 12.0 Å². The van der Waals surface area contributed by atoms with Gasteiger partial charge in [0.25, 0.3) is 0 Å². The van der Waals surface area contributed by atoms with Crippen molar-refractivity contribution in [2.24, 2.45) is 0 Å². The van der Waals surface area contributed by atoms with E-state index < -0.39 is 7.82 Å². The lowest BCUT2D eigenvalue weighted by molar-refractivity contribution is 0.291. The van der Waals surface area contributed by atoms with Gasteiger partial charge in [-0.3, -0.25) is 4.89 Å². The summed E-state index contributed by atoms with van der Waals surface area (Å²) in [6.07, 6.45) is 0.790. The zero-order valence-electron chi connectivity index (χ0n) is 12.9. The fraction of sp³-hybridized carbons (Fsp3) is 0.0526. The van der Waals surface area contributed by atoms with E-state index in [4.69, 9.17) is 9.05 Å². The van der Waals surface area contributed by atoms with E-state index in [2.05, 4.69) is 12.1 Å². The second kappa shape index (κ2) is 7.35. The molecule has 0 spiro atoms. The monoisotopic (exact) mass is 340 g/mol. The summed E-state index contributed by atoms with van der Waals surface area (Å²) in [6, 6.07) is 25.5. The summed E-state index contributed by atoms with van der Waals surface area (Å²) in [5.41, 5.74) is 2.29. The van der Waals surface area contributed by atoms with Gasteiger partial charge in [-0.15, -0.1) is 0 Å². The predicted molar refractivity (Wildman–Crippen MR) is 93.2 cm³/mol. The normalized spacial score (nSPS) is 13.0. The van der Waals surface area contributed by atoms with Gasteiger partial charge in [0.15, 0.2) is 0 Å². The van der Waals surface area contributed by atoms with Crippen LogP contribution in [0.25, 0.3) is 0 Å². The Kier molecular flexibility index (Phi) is 4.99. The lowest BCUT2D eigenvalue weighted by atomic mass is 10.1. The topological polar surface area (TPSA) is 55.8 Å². The molecule has 24 heavy (non-hydrogen) atoms. The summed E-state index contributed by atoms with van der Waals surface area (Å²) in [4.78, 5) is 9.84. The number of hydrogen-bond acceptors (Lipinski definition) is 3. The Hall–Kier alpha value is -2.55. The molecule has 0 aromatic heterocycles. The molecule has 0 aliphatic carbocycles. The van der Waals surface area contributed by atoms with Crippen LogP contribution in [0.1, 0.15) is 11.1 Å². The van der Waals surface area contributed by atoms with Gasteiger partial charge in [-0.25, -0.2) is 4.57 Å². The molecule has 1 N–H and O–H groups in total. The number of benzene rings is 3. The van der Waals surface area contributed by atoms with Crippen molar-refractivity contribution in [2.45, 2.75) is 6.42 Å². The van der Waals surface area contributed by atoms with Gasteiger partial charge in [-0.05, 0) is 41.8 Å². The lowest BCUT2D eigenvalue weighted by Crippen LogP contribution is -1.99. The predicted octanol–water partition coefficient (Wildman–Crippen LogP) is 4.84. The van der Waals surface area contributed by atoms with Gasteiger partial charge in [-0.2, -0.15) is 0 Å². The Morgan fingerprint density at radius 3 is 1.71 bits per heavy atom. The van der Waals surface area contributed by atoms with E-state index in [1.165, 1.54) is 5.56 Å². The summed E-state index contributed by atoms with van der Waals surface area (Å²) in [7, 11) is -4.22. The quantitative estimate of drug-likeness (QED) is 0.653. The first-order valence-electron chi connectivity index (χ1n) is 7.51. The minimum absolute atomic E-state index is 0.282. The molecule has 0 aliphatic rings. The van der Waals surface area contributed by atoms with Crippen molar-refractivity contribution in [1.29, 1.82) is 0 Å². The molecule has 3 aromatic carbocycles. The van der Waals surface area contributed by atoms with Crippen molar-refractivity contribution in [3.8, 4) is 11.5 Å². The summed E-state index contributed by atoms with van der Waals surface area (Å²) < 4.78 is 22.2. The molecule has 0 heterocycles. The third kappa shape index (κ3) is 4.72. The summed E-state index contributed by atoms with van der Waals surface area (Å²) in [5, 5.41) is 0. The SMILES string of the molecule is O=P(O)(Oc1ccccc1)Oc1ccc(Cc2ccccc2)cc1. The minimum atomic E-state index is -4.22. The Labute approximate surface area is 140 Å². The molecule has 3 aromatic rings. The zero-order chi connectivity index (χ0) is 16.8.